The molecule has 8 rings (SSSR count). The number of fused-ring (bicyclic) bond motifs is 4. The summed E-state index contributed by atoms with van der Waals surface area (Å²) in [6.45, 7) is 4.30. The molecule has 8 heteroatoms. The number of aryl methyl sites for hydroxylation is 2. The molecule has 0 spiro atoms. The van der Waals surface area contributed by atoms with E-state index in [9.17, 15) is 14.7 Å². The number of phenols is 1. The Kier molecular flexibility index (Phi) is 7.68. The minimum absolute atomic E-state index is 0.0508. The molecule has 4 aromatic carbocycles. The second-order valence-electron chi connectivity index (χ2n) is 12.4. The van der Waals surface area contributed by atoms with Gasteiger partial charge in [0, 0.05) is 57.3 Å². The van der Waals surface area contributed by atoms with E-state index in [1.54, 1.807) is 30.3 Å². The van der Waals surface area contributed by atoms with E-state index < -0.39 is 0 Å². The number of nitrogens with zero attached hydrogens (tertiary/aromatic N) is 2. The van der Waals surface area contributed by atoms with Crippen LogP contribution in [-0.4, -0.2) is 21.4 Å². The first-order valence-corrected chi connectivity index (χ1v) is 16.4. The molecular formula is C42H32N4O4. The van der Waals surface area contributed by atoms with E-state index in [1.165, 1.54) is 0 Å². The molecule has 1 aliphatic carbocycles. The van der Waals surface area contributed by atoms with Gasteiger partial charge in [0.1, 0.15) is 23.4 Å². The number of anilines is 2. The molecule has 0 saturated carbocycles. The fourth-order valence-electron chi connectivity index (χ4n) is 6.62. The van der Waals surface area contributed by atoms with E-state index in [0.717, 1.165) is 72.9 Å². The molecule has 3 N–H and O–H groups in total. The zero-order valence-electron chi connectivity index (χ0n) is 27.5. The summed E-state index contributed by atoms with van der Waals surface area (Å²) >= 11 is 0. The van der Waals surface area contributed by atoms with Crippen LogP contribution in [0.4, 0.5) is 11.4 Å². The molecule has 0 amide bonds. The van der Waals surface area contributed by atoms with E-state index in [-0.39, 0.29) is 24.3 Å². The van der Waals surface area contributed by atoms with Crippen LogP contribution in [0.15, 0.2) is 118 Å². The lowest BCUT2D eigenvalue weighted by atomic mass is 9.90. The maximum atomic E-state index is 13.6. The number of phenolic OH excluding ortho intramolecular Hbond substituents is 1. The summed E-state index contributed by atoms with van der Waals surface area (Å²) in [4.78, 5) is 34.6. The summed E-state index contributed by atoms with van der Waals surface area (Å²) in [7, 11) is 0. The maximum Gasteiger partial charge on any atom is 0.187 e. The Morgan fingerprint density at radius 3 is 1.94 bits per heavy atom. The molecule has 244 valence electrons. The van der Waals surface area contributed by atoms with Gasteiger partial charge < -0.3 is 20.2 Å². The monoisotopic (exact) mass is 656 g/mol. The third-order valence-corrected chi connectivity index (χ3v) is 9.16. The van der Waals surface area contributed by atoms with Crippen LogP contribution in [0.5, 0.6) is 5.75 Å². The topological polar surface area (TPSA) is 117 Å². The molecule has 0 radical (unpaired) electrons. The molecule has 0 saturated heterocycles. The highest BCUT2D eigenvalue weighted by Crippen LogP contribution is 2.44. The highest BCUT2D eigenvalue weighted by molar-refractivity contribution is 6.04. The van der Waals surface area contributed by atoms with E-state index in [4.69, 9.17) is 14.4 Å². The van der Waals surface area contributed by atoms with E-state index >= 15 is 0 Å². The molecule has 8 nitrogen and oxygen atoms in total. The van der Waals surface area contributed by atoms with Crippen LogP contribution in [0.2, 0.25) is 0 Å². The lowest BCUT2D eigenvalue weighted by molar-refractivity contribution is 0.112. The van der Waals surface area contributed by atoms with Gasteiger partial charge in [0.05, 0.1) is 33.5 Å². The second kappa shape index (κ2) is 12.5. The molecule has 2 aliphatic rings. The number of hydrogen-bond donors (Lipinski definition) is 3. The van der Waals surface area contributed by atoms with E-state index in [2.05, 4.69) is 10.6 Å². The van der Waals surface area contributed by atoms with Crippen molar-refractivity contribution in [3.63, 3.8) is 0 Å². The SMILES string of the molecule is Cc1ccc2cccc(NCc3c4oc5c(CNc6cccc7ccc(C)nc67)c(O)ccc5c(-c5ccc(C=O)cc5)c-4ccc3=O)c2n1. The van der Waals surface area contributed by atoms with Crippen LogP contribution in [0.1, 0.15) is 32.9 Å². The number of carbonyl (C=O) groups excluding carboxylic acids is 1. The zero-order valence-corrected chi connectivity index (χ0v) is 27.5. The van der Waals surface area contributed by atoms with Gasteiger partial charge in [-0.25, -0.2) is 0 Å². The van der Waals surface area contributed by atoms with Gasteiger partial charge >= 0.3 is 0 Å². The fourth-order valence-corrected chi connectivity index (χ4v) is 6.62. The zero-order chi connectivity index (χ0) is 34.4. The summed E-state index contributed by atoms with van der Waals surface area (Å²) in [5, 5.41) is 21.0. The molecule has 0 bridgehead atoms. The quantitative estimate of drug-likeness (QED) is 0.110. The van der Waals surface area contributed by atoms with E-state index in [0.29, 0.717) is 28.0 Å². The van der Waals surface area contributed by atoms with Crippen molar-refractivity contribution in [2.24, 2.45) is 0 Å². The molecule has 3 heterocycles. The molecule has 0 fully saturated rings. The Morgan fingerprint density at radius 1 is 0.700 bits per heavy atom. The lowest BCUT2D eigenvalue weighted by Gasteiger charge is -2.20. The van der Waals surface area contributed by atoms with Crippen molar-refractivity contribution in [3.8, 4) is 28.2 Å². The lowest BCUT2D eigenvalue weighted by Crippen LogP contribution is -2.15. The van der Waals surface area contributed by atoms with Gasteiger partial charge in [-0.3, -0.25) is 19.6 Å². The number of aromatic nitrogens is 2. The average molecular weight is 657 g/mol. The first-order valence-electron chi connectivity index (χ1n) is 16.4. The number of rotatable bonds is 8. The smallest absolute Gasteiger partial charge is 0.187 e. The number of nitrogens with one attached hydrogen (secondary N) is 2. The van der Waals surface area contributed by atoms with Gasteiger partial charge in [-0.2, -0.15) is 0 Å². The number of benzene rings is 5. The van der Waals surface area contributed by atoms with Gasteiger partial charge in [0.25, 0.3) is 0 Å². The van der Waals surface area contributed by atoms with Crippen LogP contribution >= 0.6 is 0 Å². The largest absolute Gasteiger partial charge is 0.507 e. The Morgan fingerprint density at radius 2 is 1.32 bits per heavy atom. The number of aldehydes is 1. The summed E-state index contributed by atoms with van der Waals surface area (Å²) in [6.07, 6.45) is 0.808. The Hall–Kier alpha value is -6.54. The minimum Gasteiger partial charge on any atom is -0.507 e. The molecule has 0 unspecified atom stereocenters. The van der Waals surface area contributed by atoms with Gasteiger partial charge in [0.2, 0.25) is 0 Å². The number of aromatic hydroxyl groups is 1. The minimum atomic E-state index is -0.184. The molecule has 0 atom stereocenters. The fraction of sp³-hybridized carbons (Fsp3) is 0.0952. The van der Waals surface area contributed by atoms with Gasteiger partial charge in [-0.05, 0) is 67.9 Å². The van der Waals surface area contributed by atoms with Crippen LogP contribution < -0.4 is 16.1 Å². The van der Waals surface area contributed by atoms with Crippen molar-refractivity contribution < 1.29 is 14.3 Å². The van der Waals surface area contributed by atoms with Crippen molar-refractivity contribution >= 4 is 50.4 Å². The average Bonchev–Trinajstić information content (AvgIpc) is 3.13. The number of pyridine rings is 2. The number of hydrogen-bond acceptors (Lipinski definition) is 8. The molecular weight excluding hydrogens is 624 g/mol. The first-order chi connectivity index (χ1) is 24.4. The van der Waals surface area contributed by atoms with Gasteiger partial charge in [-0.1, -0.05) is 60.7 Å². The van der Waals surface area contributed by atoms with Crippen molar-refractivity contribution in [1.82, 2.24) is 9.97 Å². The highest BCUT2D eigenvalue weighted by atomic mass is 16.3. The molecule has 6 aromatic rings. The Balaban J connectivity index is 1.30. The highest BCUT2D eigenvalue weighted by Gasteiger charge is 2.24. The van der Waals surface area contributed by atoms with E-state index in [1.807, 2.05) is 92.7 Å². The van der Waals surface area contributed by atoms with Crippen molar-refractivity contribution in [2.45, 2.75) is 26.9 Å². The number of para-hydroxylation sites is 2. The predicted molar refractivity (Wildman–Crippen MR) is 199 cm³/mol. The van der Waals surface area contributed by atoms with Gasteiger partial charge in [-0.15, -0.1) is 0 Å². The predicted octanol–water partition coefficient (Wildman–Crippen LogP) is 9.02. The summed E-state index contributed by atoms with van der Waals surface area (Å²) in [5.41, 5.74) is 9.23. The van der Waals surface area contributed by atoms with Crippen LogP contribution in [0.3, 0.4) is 0 Å². The van der Waals surface area contributed by atoms with Crippen LogP contribution in [0, 0.1) is 13.8 Å². The molecule has 2 aromatic heterocycles. The Labute approximate surface area is 287 Å². The number of carbonyl (C=O) groups is 1. The van der Waals surface area contributed by atoms with Crippen LogP contribution in [0.25, 0.3) is 55.2 Å². The normalized spacial score (nSPS) is 11.4. The molecule has 50 heavy (non-hydrogen) atoms. The van der Waals surface area contributed by atoms with Gasteiger partial charge in [0.15, 0.2) is 5.43 Å². The van der Waals surface area contributed by atoms with Crippen molar-refractivity contribution in [1.29, 1.82) is 0 Å². The second-order valence-corrected chi connectivity index (χ2v) is 12.4. The van der Waals surface area contributed by atoms with Crippen molar-refractivity contribution in [3.05, 3.63) is 147 Å². The maximum absolute atomic E-state index is 13.6. The Bertz CT molecular complexity index is 2630. The van der Waals surface area contributed by atoms with Crippen molar-refractivity contribution in [2.75, 3.05) is 10.6 Å². The summed E-state index contributed by atoms with van der Waals surface area (Å²) < 4.78 is 6.74. The van der Waals surface area contributed by atoms with Crippen LogP contribution in [-0.2, 0) is 13.1 Å². The molecule has 1 aliphatic heterocycles. The summed E-state index contributed by atoms with van der Waals surface area (Å²) in [6, 6.07) is 34.0. The third kappa shape index (κ3) is 5.46. The first kappa shape index (κ1) is 30.8. The summed E-state index contributed by atoms with van der Waals surface area (Å²) in [5.74, 6) is 0.459. The third-order valence-electron chi connectivity index (χ3n) is 9.16. The standard InChI is InChI=1S/C42H32N4O4/c1-24-9-13-28-5-3-7-34(39(28)45-24)43-21-32-36(48)19-17-30-38(27-15-11-26(23-47)12-16-27)31-18-20-37(49)33(42(31)50-41(30)32)22-44-35-8-4-6-29-14-10-25(2)46-40(29)35/h3-20,23,43-44,48H,21-22H2,1-2H3.